The van der Waals surface area contributed by atoms with Gasteiger partial charge in [-0.05, 0) is 0 Å². The van der Waals surface area contributed by atoms with E-state index in [-0.39, 0.29) is 0 Å². The molecule has 4 heteroatoms. The quantitative estimate of drug-likeness (QED) is 0.392. The summed E-state index contributed by atoms with van der Waals surface area (Å²) in [6.07, 6.45) is 2.05. The summed E-state index contributed by atoms with van der Waals surface area (Å²) in [5.74, 6) is 0. The summed E-state index contributed by atoms with van der Waals surface area (Å²) < 4.78 is 3.27. The Morgan fingerprint density at radius 2 is 2.15 bits per heavy atom. The number of hydrogen-bond acceptors (Lipinski definition) is 1. The van der Waals surface area contributed by atoms with Crippen LogP contribution in [0.2, 0.25) is 0 Å². The Bertz CT molecular complexity index is 512. The summed E-state index contributed by atoms with van der Waals surface area (Å²) in [4.78, 5) is 0. The summed E-state index contributed by atoms with van der Waals surface area (Å²) in [6.45, 7) is 2.10. The second-order valence-electron chi connectivity index (χ2n) is 2.88. The predicted molar refractivity (Wildman–Crippen MR) is 65.5 cm³/mol. The first-order valence-electron chi connectivity index (χ1n) is 3.85. The van der Waals surface area contributed by atoms with Crippen LogP contribution in [0, 0.1) is 6.92 Å². The van der Waals surface area contributed by atoms with E-state index in [1.165, 1.54) is 20.9 Å². The molecule has 1 aromatic carbocycles. The molecular formula is C9H8BrNPS-. The van der Waals surface area contributed by atoms with E-state index in [1.807, 2.05) is 6.20 Å². The van der Waals surface area contributed by atoms with Crippen LogP contribution in [0.15, 0.2) is 28.9 Å². The minimum absolute atomic E-state index is 0.951. The van der Waals surface area contributed by atoms with Gasteiger partial charge in [-0.25, -0.2) is 0 Å². The van der Waals surface area contributed by atoms with Gasteiger partial charge in [0.2, 0.25) is 0 Å². The zero-order valence-electron chi connectivity index (χ0n) is 7.03. The number of aromatic nitrogens is 1. The molecule has 0 aliphatic heterocycles. The molecule has 2 aromatic rings. The van der Waals surface area contributed by atoms with Crippen LogP contribution < -0.4 is 0 Å². The van der Waals surface area contributed by atoms with Crippen molar-refractivity contribution in [2.24, 2.45) is 0 Å². The molecule has 1 aromatic heterocycles. The molecule has 0 amide bonds. The average Bonchev–Trinajstić information content (AvgIpc) is 2.55. The van der Waals surface area contributed by atoms with Gasteiger partial charge in [0.15, 0.2) is 0 Å². The number of halogens is 1. The van der Waals surface area contributed by atoms with Gasteiger partial charge in [0.25, 0.3) is 0 Å². The summed E-state index contributed by atoms with van der Waals surface area (Å²) in [5, 5.41) is 1.25. The Balaban J connectivity index is 2.91. The second-order valence-corrected chi connectivity index (χ2v) is 4.82. The minimum atomic E-state index is 0.951. The molecule has 0 saturated heterocycles. The molecule has 0 aliphatic carbocycles. The average molecular weight is 273 g/mol. The fourth-order valence-electron chi connectivity index (χ4n) is 1.35. The van der Waals surface area contributed by atoms with Crippen LogP contribution in [0.1, 0.15) is 5.56 Å². The van der Waals surface area contributed by atoms with Crippen LogP contribution >= 0.6 is 23.7 Å². The molecule has 0 N–H and O–H groups in total. The molecule has 0 bridgehead atoms. The van der Waals surface area contributed by atoms with Gasteiger partial charge in [-0.1, -0.05) is 0 Å². The molecule has 13 heavy (non-hydrogen) atoms. The van der Waals surface area contributed by atoms with Crippen LogP contribution in [-0.4, -0.2) is 3.97 Å². The predicted octanol–water partition coefficient (Wildman–Crippen LogP) is 3.62. The molecule has 0 unspecified atom stereocenters. The molecule has 0 fully saturated rings. The first-order valence-corrected chi connectivity index (χ1v) is 6.65. The van der Waals surface area contributed by atoms with Crippen molar-refractivity contribution >= 4 is 45.6 Å². The van der Waals surface area contributed by atoms with Crippen LogP contribution in [-0.2, 0) is 10.9 Å². The molecule has 2 rings (SSSR count). The van der Waals surface area contributed by atoms with Gasteiger partial charge in [-0.2, -0.15) is 0 Å². The Morgan fingerprint density at radius 1 is 1.38 bits per heavy atom. The maximum absolute atomic E-state index is 4.23. The SMILES string of the molecule is Cc1ccc2c(ccn2[SH-]#P)c1Br. The molecule has 0 saturated carbocycles. The standard InChI is InChI=1S/C9H8BrNPS/c1-6-2-3-8-7(9(6)10)4-5-11(8)13-12/h2-5,13H,1H3/q-1. The van der Waals surface area contributed by atoms with Crippen molar-refractivity contribution in [3.8, 4) is 0 Å². The van der Waals surface area contributed by atoms with Crippen molar-refractivity contribution in [1.29, 1.82) is 0 Å². The molecule has 1 nitrogen and oxygen atoms in total. The van der Waals surface area contributed by atoms with Crippen LogP contribution in [0.25, 0.3) is 10.9 Å². The maximum atomic E-state index is 4.23. The van der Waals surface area contributed by atoms with Gasteiger partial charge in [-0.15, -0.1) is 0 Å². The van der Waals surface area contributed by atoms with Crippen molar-refractivity contribution in [3.05, 3.63) is 34.4 Å². The zero-order valence-corrected chi connectivity index (χ0v) is 10.4. The first-order chi connectivity index (χ1) is 6.24. The van der Waals surface area contributed by atoms with E-state index < -0.39 is 0 Å². The van der Waals surface area contributed by atoms with Crippen molar-refractivity contribution in [1.82, 2.24) is 3.97 Å². The van der Waals surface area contributed by atoms with Gasteiger partial charge in [0.05, 0.1) is 0 Å². The third kappa shape index (κ3) is 1.54. The van der Waals surface area contributed by atoms with Crippen molar-refractivity contribution in [2.75, 3.05) is 0 Å². The van der Waals surface area contributed by atoms with E-state index in [4.69, 9.17) is 0 Å². The normalized spacial score (nSPS) is 10.8. The van der Waals surface area contributed by atoms with Crippen LogP contribution in [0.4, 0.5) is 0 Å². The van der Waals surface area contributed by atoms with Crippen LogP contribution in [0.3, 0.4) is 0 Å². The van der Waals surface area contributed by atoms with Gasteiger partial charge < -0.3 is 0 Å². The zero-order chi connectivity index (χ0) is 9.42. The van der Waals surface area contributed by atoms with E-state index in [0.717, 1.165) is 10.9 Å². The van der Waals surface area contributed by atoms with Crippen LogP contribution in [0.5, 0.6) is 0 Å². The summed E-state index contributed by atoms with van der Waals surface area (Å²) in [7, 11) is 5.18. The van der Waals surface area contributed by atoms with Crippen molar-refractivity contribution in [2.45, 2.75) is 6.92 Å². The van der Waals surface area contributed by atoms with Crippen molar-refractivity contribution < 1.29 is 0 Å². The fraction of sp³-hybridized carbons (Fsp3) is 0.111. The Kier molecular flexibility index (Phi) is 2.68. The van der Waals surface area contributed by atoms with E-state index in [2.05, 4.69) is 52.8 Å². The van der Waals surface area contributed by atoms with E-state index in [0.29, 0.717) is 0 Å². The van der Waals surface area contributed by atoms with Gasteiger partial charge >= 0.3 is 90.9 Å². The topological polar surface area (TPSA) is 4.93 Å². The summed E-state index contributed by atoms with van der Waals surface area (Å²) >= 11 is 3.58. The molecular weight excluding hydrogens is 265 g/mol. The Morgan fingerprint density at radius 3 is 2.85 bits per heavy atom. The number of aryl methyl sites for hydroxylation is 1. The van der Waals surface area contributed by atoms with Gasteiger partial charge in [-0.3, -0.25) is 0 Å². The summed E-state index contributed by atoms with van der Waals surface area (Å²) in [5.41, 5.74) is 2.48. The summed E-state index contributed by atoms with van der Waals surface area (Å²) in [6, 6.07) is 6.34. The van der Waals surface area contributed by atoms with E-state index in [1.54, 1.807) is 0 Å². The Hall–Kier alpha value is 0.0200. The van der Waals surface area contributed by atoms with Crippen molar-refractivity contribution in [3.63, 3.8) is 0 Å². The second kappa shape index (κ2) is 3.64. The molecule has 68 valence electrons. The first kappa shape index (κ1) is 9.57. The molecule has 1 heterocycles. The van der Waals surface area contributed by atoms with E-state index in [9.17, 15) is 0 Å². The number of hydrogen-bond donors (Lipinski definition) is 0. The number of nitrogens with zero attached hydrogens (tertiary/aromatic N) is 1. The molecule has 0 aliphatic rings. The number of fused-ring (bicyclic) bond motifs is 1. The molecule has 0 spiro atoms. The molecule has 0 radical (unpaired) electrons. The third-order valence-corrected chi connectivity index (χ3v) is 4.25. The number of rotatable bonds is 0. The number of thiol groups is 1. The Labute approximate surface area is 90.8 Å². The van der Waals surface area contributed by atoms with E-state index >= 15 is 0 Å². The fourth-order valence-corrected chi connectivity index (χ4v) is 2.69. The third-order valence-electron chi connectivity index (χ3n) is 2.08. The van der Waals surface area contributed by atoms with Gasteiger partial charge in [0.1, 0.15) is 0 Å². The monoisotopic (exact) mass is 272 g/mol. The van der Waals surface area contributed by atoms with Gasteiger partial charge in [0, 0.05) is 0 Å². The number of benzene rings is 1. The molecule has 0 atom stereocenters.